The normalized spacial score (nSPS) is 11.5. The molecule has 0 amide bonds. The fourth-order valence-electron chi connectivity index (χ4n) is 2.26. The highest BCUT2D eigenvalue weighted by Crippen LogP contribution is 2.20. The monoisotopic (exact) mass is 208 g/mol. The summed E-state index contributed by atoms with van der Waals surface area (Å²) in [5.41, 5.74) is 0. The Morgan fingerprint density at radius 2 is 1.20 bits per heavy atom. The average Bonchev–Trinajstić information content (AvgIpc) is 2.17. The molecule has 0 N–H and O–H groups in total. The quantitative estimate of drug-likeness (QED) is 0.629. The Bertz CT molecular complexity index is 227. The predicted molar refractivity (Wildman–Crippen MR) is 60.7 cm³/mol. The summed E-state index contributed by atoms with van der Waals surface area (Å²) < 4.78 is 0.876. The number of nitrogens with zero attached hydrogens (tertiary/aromatic N) is 3. The SMILES string of the molecule is CC(C)[N+](CCC#N)(CCC#N)C(C)C. The standard InChI is InChI=1S/C12H22N3/c1-11(2)15(12(3)4,9-5-7-13)10-6-8-14/h11-12H,5-6,9-10H2,1-4H3/q+1. The van der Waals surface area contributed by atoms with Crippen molar-refractivity contribution >= 4 is 0 Å². The number of hydrogen-bond acceptors (Lipinski definition) is 2. The van der Waals surface area contributed by atoms with Crippen LogP contribution in [-0.2, 0) is 0 Å². The van der Waals surface area contributed by atoms with Gasteiger partial charge >= 0.3 is 0 Å². The van der Waals surface area contributed by atoms with Crippen LogP contribution in [0.1, 0.15) is 40.5 Å². The van der Waals surface area contributed by atoms with Crippen LogP contribution < -0.4 is 0 Å². The van der Waals surface area contributed by atoms with Crippen molar-refractivity contribution in [3.8, 4) is 12.1 Å². The van der Waals surface area contributed by atoms with E-state index >= 15 is 0 Å². The van der Waals surface area contributed by atoms with Crippen molar-refractivity contribution in [3.05, 3.63) is 0 Å². The number of hydrogen-bond donors (Lipinski definition) is 0. The van der Waals surface area contributed by atoms with Crippen molar-refractivity contribution in [2.45, 2.75) is 52.6 Å². The maximum Gasteiger partial charge on any atom is 0.0922 e. The summed E-state index contributed by atoms with van der Waals surface area (Å²) in [7, 11) is 0. The minimum absolute atomic E-state index is 0.465. The fourth-order valence-corrected chi connectivity index (χ4v) is 2.26. The van der Waals surface area contributed by atoms with Gasteiger partial charge in [0.15, 0.2) is 0 Å². The molecule has 3 heteroatoms. The Morgan fingerprint density at radius 3 is 1.40 bits per heavy atom. The first-order chi connectivity index (χ1) is 7.01. The second-order valence-electron chi connectivity index (χ2n) is 4.55. The molecule has 0 aliphatic heterocycles. The zero-order valence-electron chi connectivity index (χ0n) is 10.3. The highest BCUT2D eigenvalue weighted by atomic mass is 15.4. The average molecular weight is 208 g/mol. The number of nitriles is 2. The van der Waals surface area contributed by atoms with Crippen LogP contribution in [0.3, 0.4) is 0 Å². The van der Waals surface area contributed by atoms with Crippen LogP contribution in [0.5, 0.6) is 0 Å². The molecule has 0 radical (unpaired) electrons. The van der Waals surface area contributed by atoms with E-state index < -0.39 is 0 Å². The van der Waals surface area contributed by atoms with Crippen LogP contribution in [0, 0.1) is 22.7 Å². The molecule has 0 spiro atoms. The van der Waals surface area contributed by atoms with Gasteiger partial charge in [0.1, 0.15) is 0 Å². The first kappa shape index (κ1) is 13.9. The second kappa shape index (κ2) is 6.43. The van der Waals surface area contributed by atoms with Crippen molar-refractivity contribution in [1.82, 2.24) is 0 Å². The van der Waals surface area contributed by atoms with Gasteiger partial charge in [-0.25, -0.2) is 0 Å². The van der Waals surface area contributed by atoms with Gasteiger partial charge in [-0.3, -0.25) is 0 Å². The predicted octanol–water partition coefficient (Wildman–Crippen LogP) is 2.45. The molecular formula is C12H22N3+. The molecule has 0 aromatic rings. The molecule has 3 nitrogen and oxygen atoms in total. The summed E-state index contributed by atoms with van der Waals surface area (Å²) in [5.74, 6) is 0. The third kappa shape index (κ3) is 3.53. The van der Waals surface area contributed by atoms with E-state index in [1.54, 1.807) is 0 Å². The second-order valence-corrected chi connectivity index (χ2v) is 4.55. The fraction of sp³-hybridized carbons (Fsp3) is 0.833. The Kier molecular flexibility index (Phi) is 5.97. The lowest BCUT2D eigenvalue weighted by Gasteiger charge is -2.45. The van der Waals surface area contributed by atoms with Gasteiger partial charge < -0.3 is 4.48 Å². The summed E-state index contributed by atoms with van der Waals surface area (Å²) in [4.78, 5) is 0. The maximum atomic E-state index is 8.69. The third-order valence-electron chi connectivity index (χ3n) is 3.34. The van der Waals surface area contributed by atoms with Gasteiger partial charge in [0.25, 0.3) is 0 Å². The van der Waals surface area contributed by atoms with Gasteiger partial charge in [0.05, 0.1) is 50.2 Å². The van der Waals surface area contributed by atoms with Gasteiger partial charge in [0.2, 0.25) is 0 Å². The molecule has 0 saturated heterocycles. The Balaban J connectivity index is 4.76. The van der Waals surface area contributed by atoms with Crippen LogP contribution >= 0.6 is 0 Å². The molecule has 0 rings (SSSR count). The zero-order valence-corrected chi connectivity index (χ0v) is 10.3. The summed E-state index contributed by atoms with van der Waals surface area (Å²) in [6.45, 7) is 10.4. The lowest BCUT2D eigenvalue weighted by atomic mass is 10.1. The van der Waals surface area contributed by atoms with E-state index in [9.17, 15) is 0 Å². The molecule has 84 valence electrons. The van der Waals surface area contributed by atoms with Gasteiger partial charge in [-0.15, -0.1) is 0 Å². The highest BCUT2D eigenvalue weighted by molar-refractivity contribution is 4.73. The summed E-state index contributed by atoms with van der Waals surface area (Å²) in [6, 6.07) is 5.35. The molecule has 15 heavy (non-hydrogen) atoms. The molecule has 0 bridgehead atoms. The smallest absolute Gasteiger partial charge is 0.0922 e. The van der Waals surface area contributed by atoms with E-state index in [1.807, 2.05) is 0 Å². The van der Waals surface area contributed by atoms with Crippen molar-refractivity contribution in [2.75, 3.05) is 13.1 Å². The molecule has 0 heterocycles. The van der Waals surface area contributed by atoms with Crippen LogP contribution in [0.2, 0.25) is 0 Å². The molecule has 0 unspecified atom stereocenters. The van der Waals surface area contributed by atoms with Crippen LogP contribution in [0.25, 0.3) is 0 Å². The van der Waals surface area contributed by atoms with E-state index in [0.29, 0.717) is 24.9 Å². The largest absolute Gasteiger partial charge is 0.318 e. The van der Waals surface area contributed by atoms with Crippen LogP contribution in [0.4, 0.5) is 0 Å². The zero-order chi connectivity index (χ0) is 11.9. The Labute approximate surface area is 93.5 Å². The molecular weight excluding hydrogens is 186 g/mol. The van der Waals surface area contributed by atoms with Gasteiger partial charge in [0, 0.05) is 0 Å². The van der Waals surface area contributed by atoms with Crippen molar-refractivity contribution in [2.24, 2.45) is 0 Å². The Morgan fingerprint density at radius 1 is 0.867 bits per heavy atom. The van der Waals surface area contributed by atoms with Crippen molar-refractivity contribution < 1.29 is 4.48 Å². The van der Waals surface area contributed by atoms with E-state index in [2.05, 4.69) is 39.8 Å². The van der Waals surface area contributed by atoms with E-state index in [1.165, 1.54) is 0 Å². The van der Waals surface area contributed by atoms with Gasteiger partial charge in [-0.05, 0) is 27.7 Å². The first-order valence-corrected chi connectivity index (χ1v) is 5.61. The Hall–Kier alpha value is -1.06. The molecule has 0 atom stereocenters. The van der Waals surface area contributed by atoms with E-state index in [4.69, 9.17) is 10.5 Å². The first-order valence-electron chi connectivity index (χ1n) is 5.61. The third-order valence-corrected chi connectivity index (χ3v) is 3.34. The van der Waals surface area contributed by atoms with E-state index in [-0.39, 0.29) is 0 Å². The minimum atomic E-state index is 0.465. The molecule has 0 saturated carbocycles. The topological polar surface area (TPSA) is 47.6 Å². The molecule has 0 aliphatic rings. The van der Waals surface area contributed by atoms with Crippen LogP contribution in [0.15, 0.2) is 0 Å². The van der Waals surface area contributed by atoms with Crippen molar-refractivity contribution in [3.63, 3.8) is 0 Å². The summed E-state index contributed by atoms with van der Waals surface area (Å²) in [6.07, 6.45) is 1.14. The molecule has 0 fully saturated rings. The van der Waals surface area contributed by atoms with E-state index in [0.717, 1.165) is 17.6 Å². The minimum Gasteiger partial charge on any atom is -0.318 e. The van der Waals surface area contributed by atoms with Gasteiger partial charge in [-0.2, -0.15) is 10.5 Å². The molecule has 0 aromatic heterocycles. The highest BCUT2D eigenvalue weighted by Gasteiger charge is 2.33. The summed E-state index contributed by atoms with van der Waals surface area (Å²) in [5, 5.41) is 17.4. The molecule has 0 aromatic carbocycles. The van der Waals surface area contributed by atoms with Crippen molar-refractivity contribution in [1.29, 1.82) is 10.5 Å². The summed E-state index contributed by atoms with van der Waals surface area (Å²) >= 11 is 0. The number of quaternary nitrogens is 1. The lowest BCUT2D eigenvalue weighted by Crippen LogP contribution is -2.58. The number of rotatable bonds is 6. The maximum absolute atomic E-state index is 8.69. The lowest BCUT2D eigenvalue weighted by molar-refractivity contribution is -0.965. The molecule has 0 aliphatic carbocycles. The van der Waals surface area contributed by atoms with Crippen LogP contribution in [-0.4, -0.2) is 29.7 Å². The van der Waals surface area contributed by atoms with Gasteiger partial charge in [-0.1, -0.05) is 0 Å².